The molecule has 5 nitrogen and oxygen atoms in total. The molecule has 4 aromatic rings. The molecule has 0 fully saturated rings. The van der Waals surface area contributed by atoms with Crippen LogP contribution in [0.15, 0.2) is 65.2 Å². The van der Waals surface area contributed by atoms with Crippen molar-refractivity contribution >= 4 is 28.6 Å². The van der Waals surface area contributed by atoms with Crippen LogP contribution >= 0.6 is 22.7 Å². The lowest BCUT2D eigenvalue weighted by Gasteiger charge is -2.34. The Morgan fingerprint density at radius 3 is 2.96 bits per heavy atom. The van der Waals surface area contributed by atoms with E-state index in [1.165, 1.54) is 22.5 Å². The molecule has 0 bridgehead atoms. The maximum atomic E-state index is 13.0. The highest BCUT2D eigenvalue weighted by Gasteiger charge is 2.32. The molecule has 1 amide bonds. The number of nitrogens with one attached hydrogen (secondary N) is 1. The molecule has 1 aliphatic carbocycles. The van der Waals surface area contributed by atoms with E-state index in [-0.39, 0.29) is 18.0 Å². The topological polar surface area (TPSA) is 59.8 Å². The summed E-state index contributed by atoms with van der Waals surface area (Å²) >= 11 is 3.13. The molecular formula is C21H18N4OS2. The van der Waals surface area contributed by atoms with Gasteiger partial charge in [-0.1, -0.05) is 24.3 Å². The number of rotatable bonds is 4. The zero-order valence-corrected chi connectivity index (χ0v) is 16.6. The predicted molar refractivity (Wildman–Crippen MR) is 112 cm³/mol. The van der Waals surface area contributed by atoms with Crippen molar-refractivity contribution < 1.29 is 4.79 Å². The van der Waals surface area contributed by atoms with Gasteiger partial charge in [0.15, 0.2) is 0 Å². The number of fused-ring (bicyclic) bond motifs is 1. The molecule has 0 unspecified atom stereocenters. The van der Waals surface area contributed by atoms with E-state index in [0.29, 0.717) is 5.69 Å². The van der Waals surface area contributed by atoms with Crippen molar-refractivity contribution in [2.24, 2.45) is 0 Å². The van der Waals surface area contributed by atoms with Gasteiger partial charge in [0.05, 0.1) is 18.4 Å². The van der Waals surface area contributed by atoms with Gasteiger partial charge >= 0.3 is 0 Å². The standard InChI is InChI=1S/C21H18N4OS2/c26-20(17-12-28-21(23-17)15-7-10-27-11-15)24-19-16-4-2-1-3-14(16)5-6-18(19)25-9-8-22-13-25/h1-4,7-13,18-19H,5-6H2,(H,24,26)/t18-,19-/m0/s1. The molecular weight excluding hydrogens is 388 g/mol. The Hall–Kier alpha value is -2.77. The molecule has 5 rings (SSSR count). The van der Waals surface area contributed by atoms with Gasteiger partial charge in [-0.05, 0) is 35.4 Å². The first-order valence-corrected chi connectivity index (χ1v) is 11.0. The Labute approximate surface area is 170 Å². The summed E-state index contributed by atoms with van der Waals surface area (Å²) in [4.78, 5) is 21.8. The molecule has 140 valence electrons. The lowest BCUT2D eigenvalue weighted by molar-refractivity contribution is 0.0913. The summed E-state index contributed by atoms with van der Waals surface area (Å²) in [5.41, 5.74) is 4.00. The summed E-state index contributed by atoms with van der Waals surface area (Å²) in [6, 6.07) is 10.4. The normalized spacial score (nSPS) is 18.6. The molecule has 1 aromatic carbocycles. The number of aryl methyl sites for hydroxylation is 1. The molecule has 0 spiro atoms. The van der Waals surface area contributed by atoms with Gasteiger partial charge in [-0.2, -0.15) is 11.3 Å². The van der Waals surface area contributed by atoms with Crippen LogP contribution in [0, 0.1) is 0 Å². The lowest BCUT2D eigenvalue weighted by Crippen LogP contribution is -2.37. The maximum absolute atomic E-state index is 13.0. The van der Waals surface area contributed by atoms with Gasteiger partial charge in [-0.25, -0.2) is 9.97 Å². The number of hydrogen-bond donors (Lipinski definition) is 1. The molecule has 3 heterocycles. The second kappa shape index (κ2) is 7.33. The highest BCUT2D eigenvalue weighted by molar-refractivity contribution is 7.14. The summed E-state index contributed by atoms with van der Waals surface area (Å²) in [6.07, 6.45) is 7.53. The number of nitrogens with zero attached hydrogens (tertiary/aromatic N) is 3. The first-order chi connectivity index (χ1) is 13.8. The van der Waals surface area contributed by atoms with Gasteiger partial charge in [0.1, 0.15) is 10.7 Å². The van der Waals surface area contributed by atoms with Crippen LogP contribution in [0.4, 0.5) is 0 Å². The van der Waals surface area contributed by atoms with Crippen molar-refractivity contribution in [1.29, 1.82) is 0 Å². The summed E-state index contributed by atoms with van der Waals surface area (Å²) in [7, 11) is 0. The van der Waals surface area contributed by atoms with Gasteiger partial charge in [0, 0.05) is 28.7 Å². The molecule has 2 atom stereocenters. The third kappa shape index (κ3) is 3.16. The molecule has 0 aliphatic heterocycles. The number of aromatic nitrogens is 3. The van der Waals surface area contributed by atoms with Crippen LogP contribution in [0.2, 0.25) is 0 Å². The zero-order valence-electron chi connectivity index (χ0n) is 15.0. The average Bonchev–Trinajstić information content (AvgIpc) is 3.50. The smallest absolute Gasteiger partial charge is 0.271 e. The fourth-order valence-corrected chi connectivity index (χ4v) is 5.33. The fourth-order valence-electron chi connectivity index (χ4n) is 3.82. The van der Waals surface area contributed by atoms with Gasteiger partial charge in [-0.3, -0.25) is 4.79 Å². The highest BCUT2D eigenvalue weighted by Crippen LogP contribution is 2.38. The fraction of sp³-hybridized carbons (Fsp3) is 0.190. The van der Waals surface area contributed by atoms with E-state index in [0.717, 1.165) is 23.4 Å². The number of thiazole rings is 1. The molecule has 1 N–H and O–H groups in total. The Morgan fingerprint density at radius 1 is 1.21 bits per heavy atom. The van der Waals surface area contributed by atoms with Crippen LogP contribution in [0.3, 0.4) is 0 Å². The van der Waals surface area contributed by atoms with E-state index < -0.39 is 0 Å². The minimum Gasteiger partial charge on any atom is -0.342 e. The SMILES string of the molecule is O=C(N[C@H]1c2ccccc2CC[C@@H]1n1ccnc1)c1csc(-c2ccsc2)n1. The van der Waals surface area contributed by atoms with Crippen LogP contribution in [-0.2, 0) is 6.42 Å². The Kier molecular flexibility index (Phi) is 4.54. The van der Waals surface area contributed by atoms with Crippen LogP contribution in [0.5, 0.6) is 0 Å². The van der Waals surface area contributed by atoms with Crippen molar-refractivity contribution in [3.8, 4) is 10.6 Å². The van der Waals surface area contributed by atoms with Crippen LogP contribution in [0.1, 0.15) is 40.1 Å². The summed E-state index contributed by atoms with van der Waals surface area (Å²) in [6.45, 7) is 0. The first kappa shape index (κ1) is 17.3. The number of carbonyl (C=O) groups is 1. The Morgan fingerprint density at radius 2 is 2.14 bits per heavy atom. The number of benzene rings is 1. The molecule has 28 heavy (non-hydrogen) atoms. The van der Waals surface area contributed by atoms with E-state index >= 15 is 0 Å². The predicted octanol–water partition coefficient (Wildman–Crippen LogP) is 4.73. The first-order valence-electron chi connectivity index (χ1n) is 9.14. The number of thiophene rings is 1. The summed E-state index contributed by atoms with van der Waals surface area (Å²) in [5.74, 6) is -0.135. The minimum absolute atomic E-state index is 0.113. The Balaban J connectivity index is 1.45. The second-order valence-corrected chi connectivity index (χ2v) is 8.45. The quantitative estimate of drug-likeness (QED) is 0.533. The van der Waals surface area contributed by atoms with Gasteiger partial charge in [0.2, 0.25) is 0 Å². The minimum atomic E-state index is -0.135. The number of hydrogen-bond acceptors (Lipinski definition) is 5. The molecule has 7 heteroatoms. The highest BCUT2D eigenvalue weighted by atomic mass is 32.1. The molecule has 3 aromatic heterocycles. The second-order valence-electron chi connectivity index (χ2n) is 6.82. The lowest BCUT2D eigenvalue weighted by atomic mass is 9.83. The molecule has 0 saturated carbocycles. The van der Waals surface area contributed by atoms with Crippen LogP contribution < -0.4 is 5.32 Å². The molecule has 0 radical (unpaired) electrons. The van der Waals surface area contributed by atoms with Gasteiger partial charge in [0.25, 0.3) is 5.91 Å². The Bertz CT molecular complexity index is 1090. The number of amides is 1. The summed E-state index contributed by atoms with van der Waals surface area (Å²) in [5, 5.41) is 10.0. The van der Waals surface area contributed by atoms with E-state index in [1.807, 2.05) is 40.8 Å². The van der Waals surface area contributed by atoms with E-state index in [2.05, 4.69) is 38.1 Å². The third-order valence-corrected chi connectivity index (χ3v) is 6.76. The molecule has 0 saturated heterocycles. The monoisotopic (exact) mass is 406 g/mol. The zero-order chi connectivity index (χ0) is 18.9. The van der Waals surface area contributed by atoms with E-state index in [1.54, 1.807) is 17.5 Å². The third-order valence-electron chi connectivity index (χ3n) is 5.18. The van der Waals surface area contributed by atoms with Gasteiger partial charge in [-0.15, -0.1) is 11.3 Å². The average molecular weight is 407 g/mol. The summed E-state index contributed by atoms with van der Waals surface area (Å²) < 4.78 is 2.10. The van der Waals surface area contributed by atoms with Crippen molar-refractivity contribution in [3.63, 3.8) is 0 Å². The van der Waals surface area contributed by atoms with Gasteiger partial charge < -0.3 is 9.88 Å². The largest absolute Gasteiger partial charge is 0.342 e. The van der Waals surface area contributed by atoms with E-state index in [9.17, 15) is 4.79 Å². The van der Waals surface area contributed by atoms with Crippen LogP contribution in [0.25, 0.3) is 10.6 Å². The van der Waals surface area contributed by atoms with Crippen molar-refractivity contribution in [2.75, 3.05) is 0 Å². The van der Waals surface area contributed by atoms with Crippen LogP contribution in [-0.4, -0.2) is 20.4 Å². The van der Waals surface area contributed by atoms with Crippen molar-refractivity contribution in [1.82, 2.24) is 19.9 Å². The number of imidazole rings is 1. The number of carbonyl (C=O) groups excluding carboxylic acids is 1. The van der Waals surface area contributed by atoms with Crippen molar-refractivity contribution in [3.05, 3.63) is 82.0 Å². The van der Waals surface area contributed by atoms with Crippen molar-refractivity contribution in [2.45, 2.75) is 24.9 Å². The molecule has 1 aliphatic rings. The maximum Gasteiger partial charge on any atom is 0.271 e. The van der Waals surface area contributed by atoms with E-state index in [4.69, 9.17) is 0 Å².